The number of hydrogen-bond donors (Lipinski definition) is 1. The van der Waals surface area contributed by atoms with E-state index in [1.807, 2.05) is 0 Å². The molecule has 80 valence electrons. The van der Waals surface area contributed by atoms with E-state index in [1.54, 1.807) is 11.1 Å². The summed E-state index contributed by atoms with van der Waals surface area (Å²) in [5.41, 5.74) is 9.34. The molecular formula is C14H19N. The van der Waals surface area contributed by atoms with Crippen molar-refractivity contribution in [3.63, 3.8) is 0 Å². The Morgan fingerprint density at radius 2 is 1.80 bits per heavy atom. The van der Waals surface area contributed by atoms with E-state index in [0.29, 0.717) is 17.9 Å². The quantitative estimate of drug-likeness (QED) is 0.686. The van der Waals surface area contributed by atoms with Gasteiger partial charge < -0.3 is 5.73 Å². The monoisotopic (exact) mass is 201 g/mol. The van der Waals surface area contributed by atoms with Crippen LogP contribution in [0.2, 0.25) is 0 Å². The molecule has 0 amide bonds. The van der Waals surface area contributed by atoms with Gasteiger partial charge in [-0.3, -0.25) is 0 Å². The van der Waals surface area contributed by atoms with E-state index >= 15 is 0 Å². The van der Waals surface area contributed by atoms with Crippen molar-refractivity contribution in [2.45, 2.75) is 38.1 Å². The molecule has 0 radical (unpaired) electrons. The Morgan fingerprint density at radius 1 is 1.13 bits per heavy atom. The third-order valence-electron chi connectivity index (χ3n) is 4.64. The van der Waals surface area contributed by atoms with E-state index in [9.17, 15) is 0 Å². The maximum Gasteiger partial charge on any atom is 0.0105 e. The number of benzene rings is 1. The van der Waals surface area contributed by atoms with Crippen LogP contribution >= 0.6 is 0 Å². The number of hydrogen-bond acceptors (Lipinski definition) is 1. The van der Waals surface area contributed by atoms with Gasteiger partial charge in [-0.05, 0) is 41.2 Å². The minimum atomic E-state index is 0.436. The maximum atomic E-state index is 6.20. The molecule has 2 N–H and O–H groups in total. The maximum absolute atomic E-state index is 6.20. The van der Waals surface area contributed by atoms with Crippen molar-refractivity contribution in [2.75, 3.05) is 0 Å². The van der Waals surface area contributed by atoms with Gasteiger partial charge in [0.1, 0.15) is 0 Å². The molecule has 1 aromatic rings. The van der Waals surface area contributed by atoms with Crippen LogP contribution in [0, 0.1) is 11.8 Å². The first-order valence-corrected chi connectivity index (χ1v) is 6.04. The predicted molar refractivity (Wildman–Crippen MR) is 62.8 cm³/mol. The first-order valence-electron chi connectivity index (χ1n) is 6.04. The fourth-order valence-corrected chi connectivity index (χ4v) is 3.73. The van der Waals surface area contributed by atoms with Gasteiger partial charge in [0.25, 0.3) is 0 Å². The Balaban J connectivity index is 2.06. The topological polar surface area (TPSA) is 26.0 Å². The zero-order valence-electron chi connectivity index (χ0n) is 9.48. The molecule has 0 bridgehead atoms. The van der Waals surface area contributed by atoms with Crippen molar-refractivity contribution in [3.8, 4) is 0 Å². The zero-order chi connectivity index (χ0) is 10.6. The molecule has 0 aliphatic heterocycles. The average Bonchev–Trinajstić information content (AvgIpc) is 2.28. The van der Waals surface area contributed by atoms with Crippen molar-refractivity contribution < 1.29 is 0 Å². The molecule has 1 saturated carbocycles. The van der Waals surface area contributed by atoms with E-state index < -0.39 is 0 Å². The van der Waals surface area contributed by atoms with Crippen molar-refractivity contribution in [3.05, 3.63) is 35.4 Å². The molecule has 0 spiro atoms. The zero-order valence-corrected chi connectivity index (χ0v) is 9.48. The lowest BCUT2D eigenvalue weighted by molar-refractivity contribution is 0.0869. The normalized spacial score (nSPS) is 42.7. The van der Waals surface area contributed by atoms with Crippen LogP contribution in [-0.2, 0) is 0 Å². The highest BCUT2D eigenvalue weighted by molar-refractivity contribution is 5.39. The summed E-state index contributed by atoms with van der Waals surface area (Å²) in [6, 6.07) is 9.38. The van der Waals surface area contributed by atoms with Gasteiger partial charge in [0.15, 0.2) is 0 Å². The summed E-state index contributed by atoms with van der Waals surface area (Å²) in [6.07, 6.45) is 1.28. The summed E-state index contributed by atoms with van der Waals surface area (Å²) in [5.74, 6) is 2.85. The van der Waals surface area contributed by atoms with Gasteiger partial charge in [0.05, 0.1) is 0 Å². The molecule has 0 heterocycles. The van der Waals surface area contributed by atoms with Crippen LogP contribution in [0.4, 0.5) is 0 Å². The molecule has 5 atom stereocenters. The highest BCUT2D eigenvalue weighted by atomic mass is 14.8. The second-order valence-corrected chi connectivity index (χ2v) is 5.39. The summed E-state index contributed by atoms with van der Waals surface area (Å²) in [4.78, 5) is 0. The van der Waals surface area contributed by atoms with Crippen LogP contribution < -0.4 is 5.73 Å². The molecule has 0 saturated heterocycles. The molecule has 0 aromatic heterocycles. The van der Waals surface area contributed by atoms with E-state index in [4.69, 9.17) is 5.73 Å². The van der Waals surface area contributed by atoms with Gasteiger partial charge in [0.2, 0.25) is 0 Å². The van der Waals surface area contributed by atoms with Gasteiger partial charge in [-0.25, -0.2) is 0 Å². The van der Waals surface area contributed by atoms with Crippen LogP contribution in [0.1, 0.15) is 43.2 Å². The van der Waals surface area contributed by atoms with E-state index in [0.717, 1.165) is 11.8 Å². The molecular weight excluding hydrogens is 182 g/mol. The molecule has 1 nitrogen and oxygen atoms in total. The first-order chi connectivity index (χ1) is 7.20. The van der Waals surface area contributed by atoms with Crippen LogP contribution in [0.3, 0.4) is 0 Å². The standard InChI is InChI=1S/C14H19N/c1-8-7-12-13(9(2)14(12)15)11-6-4-3-5-10(8)11/h3-6,8-9,12-14H,7,15H2,1-2H3. The van der Waals surface area contributed by atoms with Crippen molar-refractivity contribution in [2.24, 2.45) is 17.6 Å². The molecule has 1 heteroatoms. The van der Waals surface area contributed by atoms with Gasteiger partial charge in [-0.1, -0.05) is 38.1 Å². The summed E-state index contributed by atoms with van der Waals surface area (Å²) >= 11 is 0. The molecule has 1 fully saturated rings. The molecule has 2 aliphatic rings. The van der Waals surface area contributed by atoms with Gasteiger partial charge >= 0.3 is 0 Å². The van der Waals surface area contributed by atoms with Crippen molar-refractivity contribution >= 4 is 0 Å². The largest absolute Gasteiger partial charge is 0.327 e. The van der Waals surface area contributed by atoms with Crippen LogP contribution in [0.25, 0.3) is 0 Å². The summed E-state index contributed by atoms with van der Waals surface area (Å²) in [7, 11) is 0. The van der Waals surface area contributed by atoms with Gasteiger partial charge in [0, 0.05) is 6.04 Å². The second kappa shape index (κ2) is 3.08. The van der Waals surface area contributed by atoms with Gasteiger partial charge in [-0.2, -0.15) is 0 Å². The Morgan fingerprint density at radius 3 is 2.53 bits per heavy atom. The highest BCUT2D eigenvalue weighted by Crippen LogP contribution is 2.55. The Bertz CT molecular complexity index is 385. The third-order valence-corrected chi connectivity index (χ3v) is 4.64. The smallest absolute Gasteiger partial charge is 0.0105 e. The third kappa shape index (κ3) is 1.13. The minimum Gasteiger partial charge on any atom is -0.327 e. The first kappa shape index (κ1) is 9.41. The van der Waals surface area contributed by atoms with Gasteiger partial charge in [-0.15, -0.1) is 0 Å². The van der Waals surface area contributed by atoms with E-state index in [2.05, 4.69) is 38.1 Å². The molecule has 3 rings (SSSR count). The number of nitrogens with two attached hydrogens (primary N) is 1. The molecule has 1 aromatic carbocycles. The Kier molecular flexibility index (Phi) is 1.93. The number of fused-ring (bicyclic) bond motifs is 3. The lowest BCUT2D eigenvalue weighted by Crippen LogP contribution is -2.55. The lowest BCUT2D eigenvalue weighted by Gasteiger charge is -2.54. The number of rotatable bonds is 0. The SMILES string of the molecule is CC1CC2C(N)C(C)C2c2ccccc21. The predicted octanol–water partition coefficient (Wildman–Crippen LogP) is 2.87. The summed E-state index contributed by atoms with van der Waals surface area (Å²) < 4.78 is 0. The van der Waals surface area contributed by atoms with Crippen molar-refractivity contribution in [1.29, 1.82) is 0 Å². The Labute approximate surface area is 91.7 Å². The minimum absolute atomic E-state index is 0.436. The Hall–Kier alpha value is -0.820. The molecule has 5 unspecified atom stereocenters. The van der Waals surface area contributed by atoms with Crippen LogP contribution in [0.5, 0.6) is 0 Å². The second-order valence-electron chi connectivity index (χ2n) is 5.39. The van der Waals surface area contributed by atoms with E-state index in [-0.39, 0.29) is 0 Å². The lowest BCUT2D eigenvalue weighted by atomic mass is 9.53. The summed E-state index contributed by atoms with van der Waals surface area (Å²) in [5, 5.41) is 0. The molecule has 2 aliphatic carbocycles. The average molecular weight is 201 g/mol. The summed E-state index contributed by atoms with van der Waals surface area (Å²) in [6.45, 7) is 4.64. The van der Waals surface area contributed by atoms with E-state index in [1.165, 1.54) is 6.42 Å². The van der Waals surface area contributed by atoms with Crippen LogP contribution in [0.15, 0.2) is 24.3 Å². The molecule has 15 heavy (non-hydrogen) atoms. The van der Waals surface area contributed by atoms with Crippen molar-refractivity contribution in [1.82, 2.24) is 0 Å². The highest BCUT2D eigenvalue weighted by Gasteiger charge is 2.49. The fourth-order valence-electron chi connectivity index (χ4n) is 3.73. The fraction of sp³-hybridized carbons (Fsp3) is 0.571. The van der Waals surface area contributed by atoms with Crippen LogP contribution in [-0.4, -0.2) is 6.04 Å².